The number of rotatable bonds is 8. The van der Waals surface area contributed by atoms with Crippen molar-refractivity contribution < 1.29 is 23.0 Å². The number of alkyl halides is 2. The van der Waals surface area contributed by atoms with Crippen LogP contribution >= 0.6 is 23.7 Å². The second kappa shape index (κ2) is 10.2. The van der Waals surface area contributed by atoms with Crippen LogP contribution in [0.15, 0.2) is 23.6 Å². The molecule has 1 heterocycles. The SMILES string of the molecule is COc1ccc(CN(C)C(=O)c2csc(CCN)n2)cc1OC(F)F.Cl. The van der Waals surface area contributed by atoms with E-state index < -0.39 is 6.61 Å². The molecule has 1 aromatic carbocycles. The van der Waals surface area contributed by atoms with Crippen molar-refractivity contribution in [3.63, 3.8) is 0 Å². The molecule has 0 radical (unpaired) electrons. The minimum Gasteiger partial charge on any atom is -0.493 e. The fraction of sp³-hybridized carbons (Fsp3) is 0.375. The first kappa shape index (κ1) is 22.1. The maximum absolute atomic E-state index is 12.5. The van der Waals surface area contributed by atoms with Crippen molar-refractivity contribution >= 4 is 29.7 Å². The van der Waals surface area contributed by atoms with Crippen molar-refractivity contribution in [1.29, 1.82) is 0 Å². The molecule has 0 aliphatic heterocycles. The monoisotopic (exact) mass is 407 g/mol. The van der Waals surface area contributed by atoms with Gasteiger partial charge in [0.15, 0.2) is 11.5 Å². The average Bonchev–Trinajstić information content (AvgIpc) is 3.03. The van der Waals surface area contributed by atoms with E-state index in [1.54, 1.807) is 18.5 Å². The molecule has 6 nitrogen and oxygen atoms in total. The molecule has 0 spiro atoms. The number of ether oxygens (including phenoxy) is 2. The lowest BCUT2D eigenvalue weighted by molar-refractivity contribution is -0.0512. The Morgan fingerprint density at radius 3 is 2.73 bits per heavy atom. The molecule has 2 aromatic rings. The van der Waals surface area contributed by atoms with Gasteiger partial charge in [0.25, 0.3) is 5.91 Å². The highest BCUT2D eigenvalue weighted by Gasteiger charge is 2.17. The van der Waals surface area contributed by atoms with Gasteiger partial charge in [0.2, 0.25) is 0 Å². The number of methoxy groups -OCH3 is 1. The van der Waals surface area contributed by atoms with Crippen LogP contribution in [0.25, 0.3) is 0 Å². The molecule has 0 aliphatic carbocycles. The summed E-state index contributed by atoms with van der Waals surface area (Å²) in [6.07, 6.45) is 0.620. The van der Waals surface area contributed by atoms with Gasteiger partial charge in [0.1, 0.15) is 5.69 Å². The molecule has 1 amide bonds. The number of hydrogen-bond acceptors (Lipinski definition) is 6. The summed E-state index contributed by atoms with van der Waals surface area (Å²) in [7, 11) is 2.98. The summed E-state index contributed by atoms with van der Waals surface area (Å²) in [6, 6.07) is 4.63. The van der Waals surface area contributed by atoms with Crippen LogP contribution in [0.3, 0.4) is 0 Å². The van der Waals surface area contributed by atoms with Crippen LogP contribution in [0.2, 0.25) is 0 Å². The number of amides is 1. The first-order valence-corrected chi connectivity index (χ1v) is 8.34. The van der Waals surface area contributed by atoms with Crippen LogP contribution in [0.4, 0.5) is 8.78 Å². The van der Waals surface area contributed by atoms with Crippen LogP contribution in [-0.4, -0.2) is 43.1 Å². The zero-order chi connectivity index (χ0) is 18.4. The molecule has 0 aliphatic rings. The molecule has 2 rings (SSSR count). The first-order valence-electron chi connectivity index (χ1n) is 7.46. The summed E-state index contributed by atoms with van der Waals surface area (Å²) in [6.45, 7) is -2.28. The fourth-order valence-electron chi connectivity index (χ4n) is 2.20. The van der Waals surface area contributed by atoms with Gasteiger partial charge < -0.3 is 20.1 Å². The Kier molecular flexibility index (Phi) is 8.70. The Labute approximate surface area is 160 Å². The Hall–Kier alpha value is -1.97. The summed E-state index contributed by atoms with van der Waals surface area (Å²) in [5, 5.41) is 2.49. The minimum absolute atomic E-state index is 0. The third-order valence-corrected chi connectivity index (χ3v) is 4.25. The smallest absolute Gasteiger partial charge is 0.387 e. The highest BCUT2D eigenvalue weighted by molar-refractivity contribution is 7.09. The number of nitrogens with two attached hydrogens (primary N) is 1. The van der Waals surface area contributed by atoms with Gasteiger partial charge >= 0.3 is 6.61 Å². The van der Waals surface area contributed by atoms with Crippen molar-refractivity contribution in [2.24, 2.45) is 5.73 Å². The standard InChI is InChI=1S/C16H19F2N3O3S.ClH/c1-21(15(22)11-9-25-14(20-11)5-6-19)8-10-3-4-12(23-2)13(7-10)24-16(17)18;/h3-4,7,9,16H,5-6,8,19H2,1-2H3;1H. The molecule has 0 fully saturated rings. The molecule has 0 saturated carbocycles. The fourth-order valence-corrected chi connectivity index (χ4v) is 2.98. The summed E-state index contributed by atoms with van der Waals surface area (Å²) in [4.78, 5) is 18.1. The van der Waals surface area contributed by atoms with Gasteiger partial charge in [-0.3, -0.25) is 4.79 Å². The lowest BCUT2D eigenvalue weighted by atomic mass is 10.2. The van der Waals surface area contributed by atoms with Gasteiger partial charge in [-0.05, 0) is 24.2 Å². The topological polar surface area (TPSA) is 77.7 Å². The van der Waals surface area contributed by atoms with Gasteiger partial charge in [0.05, 0.1) is 12.1 Å². The molecular weight excluding hydrogens is 388 g/mol. The van der Waals surface area contributed by atoms with Crippen LogP contribution in [0, 0.1) is 0 Å². The Bertz CT molecular complexity index is 731. The molecule has 0 bridgehead atoms. The van der Waals surface area contributed by atoms with E-state index in [0.29, 0.717) is 24.2 Å². The summed E-state index contributed by atoms with van der Waals surface area (Å²) < 4.78 is 34.4. The molecule has 1 aromatic heterocycles. The third-order valence-electron chi connectivity index (χ3n) is 3.34. The zero-order valence-corrected chi connectivity index (χ0v) is 15.9. The van der Waals surface area contributed by atoms with Gasteiger partial charge in [0, 0.05) is 25.4 Å². The minimum atomic E-state index is -2.96. The van der Waals surface area contributed by atoms with E-state index >= 15 is 0 Å². The number of carbonyl (C=O) groups excluding carboxylic acids is 1. The Morgan fingerprint density at radius 1 is 1.38 bits per heavy atom. The van der Waals surface area contributed by atoms with Crippen molar-refractivity contribution in [3.8, 4) is 11.5 Å². The van der Waals surface area contributed by atoms with Crippen molar-refractivity contribution in [1.82, 2.24) is 9.88 Å². The largest absolute Gasteiger partial charge is 0.493 e. The van der Waals surface area contributed by atoms with E-state index in [2.05, 4.69) is 9.72 Å². The molecule has 0 unspecified atom stereocenters. The van der Waals surface area contributed by atoms with Gasteiger partial charge in [-0.1, -0.05) is 6.07 Å². The van der Waals surface area contributed by atoms with Gasteiger partial charge in [-0.2, -0.15) is 8.78 Å². The maximum atomic E-state index is 12.5. The van der Waals surface area contributed by atoms with Crippen LogP contribution in [0.1, 0.15) is 21.1 Å². The van der Waals surface area contributed by atoms with Crippen molar-refractivity contribution in [2.75, 3.05) is 20.7 Å². The first-order chi connectivity index (χ1) is 11.9. The quantitative estimate of drug-likeness (QED) is 0.728. The summed E-state index contributed by atoms with van der Waals surface area (Å²) in [5.41, 5.74) is 6.45. The maximum Gasteiger partial charge on any atom is 0.387 e. The number of nitrogens with zero attached hydrogens (tertiary/aromatic N) is 2. The number of hydrogen-bond donors (Lipinski definition) is 1. The highest BCUT2D eigenvalue weighted by atomic mass is 35.5. The van der Waals surface area contributed by atoms with Gasteiger partial charge in [-0.25, -0.2) is 4.98 Å². The van der Waals surface area contributed by atoms with E-state index in [9.17, 15) is 13.6 Å². The predicted octanol–water partition coefficient (Wildman–Crippen LogP) is 2.95. The Balaban J connectivity index is 0.00000338. The number of aromatic nitrogens is 1. The van der Waals surface area contributed by atoms with Crippen LogP contribution in [-0.2, 0) is 13.0 Å². The molecule has 10 heteroatoms. The normalized spacial score (nSPS) is 10.4. The van der Waals surface area contributed by atoms with Crippen molar-refractivity contribution in [3.05, 3.63) is 39.8 Å². The van der Waals surface area contributed by atoms with E-state index in [-0.39, 0.29) is 36.4 Å². The number of benzene rings is 1. The molecule has 0 atom stereocenters. The van der Waals surface area contributed by atoms with E-state index in [1.165, 1.54) is 35.5 Å². The average molecular weight is 408 g/mol. The highest BCUT2D eigenvalue weighted by Crippen LogP contribution is 2.30. The van der Waals surface area contributed by atoms with E-state index in [4.69, 9.17) is 10.5 Å². The van der Waals surface area contributed by atoms with Gasteiger partial charge in [-0.15, -0.1) is 23.7 Å². The Morgan fingerprint density at radius 2 is 2.12 bits per heavy atom. The number of thiazole rings is 1. The third kappa shape index (κ3) is 5.79. The summed E-state index contributed by atoms with van der Waals surface area (Å²) >= 11 is 1.38. The molecule has 2 N–H and O–H groups in total. The molecule has 26 heavy (non-hydrogen) atoms. The molecular formula is C16H20ClF2N3O3S. The second-order valence-electron chi connectivity index (χ2n) is 5.19. The van der Waals surface area contributed by atoms with E-state index in [1.807, 2.05) is 0 Å². The second-order valence-corrected chi connectivity index (χ2v) is 6.13. The lowest BCUT2D eigenvalue weighted by Crippen LogP contribution is -2.26. The number of carbonyl (C=O) groups is 1. The van der Waals surface area contributed by atoms with Crippen molar-refractivity contribution in [2.45, 2.75) is 19.6 Å². The van der Waals surface area contributed by atoms with Crippen LogP contribution in [0.5, 0.6) is 11.5 Å². The lowest BCUT2D eigenvalue weighted by Gasteiger charge is -2.17. The number of halogens is 3. The van der Waals surface area contributed by atoms with E-state index in [0.717, 1.165) is 5.01 Å². The summed E-state index contributed by atoms with van der Waals surface area (Å²) in [5.74, 6) is -0.134. The van der Waals surface area contributed by atoms with Crippen LogP contribution < -0.4 is 15.2 Å². The molecule has 144 valence electrons. The zero-order valence-electron chi connectivity index (χ0n) is 14.3. The predicted molar refractivity (Wildman–Crippen MR) is 97.5 cm³/mol. The molecule has 0 saturated heterocycles.